The molecule has 1 aromatic rings. The Balaban J connectivity index is 1.45. The summed E-state index contributed by atoms with van der Waals surface area (Å²) in [5.41, 5.74) is 2.14. The third kappa shape index (κ3) is 3.79. The lowest BCUT2D eigenvalue weighted by Gasteiger charge is -2.29. The van der Waals surface area contributed by atoms with Crippen molar-refractivity contribution in [3.05, 3.63) is 34.9 Å². The number of carbonyl (C=O) groups excluding carboxylic acids is 3. The van der Waals surface area contributed by atoms with Crippen LogP contribution in [0.5, 0.6) is 0 Å². The first-order valence-corrected chi connectivity index (χ1v) is 9.62. The van der Waals surface area contributed by atoms with Crippen molar-refractivity contribution >= 4 is 17.7 Å². The molecule has 1 N–H and O–H groups in total. The second kappa shape index (κ2) is 8.13. The number of amides is 3. The number of hydrogen-bond acceptors (Lipinski definition) is 5. The molecule has 0 spiro atoms. The van der Waals surface area contributed by atoms with Gasteiger partial charge >= 0.3 is 0 Å². The lowest BCUT2D eigenvalue weighted by molar-refractivity contribution is -0.154. The summed E-state index contributed by atoms with van der Waals surface area (Å²) in [4.78, 5) is 37.8. The molecule has 0 saturated carbocycles. The molecule has 3 aliphatic rings. The highest BCUT2D eigenvalue weighted by Crippen LogP contribution is 2.29. The van der Waals surface area contributed by atoms with Gasteiger partial charge in [-0.2, -0.15) is 0 Å². The zero-order valence-electron chi connectivity index (χ0n) is 15.5. The van der Waals surface area contributed by atoms with Crippen molar-refractivity contribution in [3.8, 4) is 11.8 Å². The van der Waals surface area contributed by atoms with Crippen LogP contribution in [0.15, 0.2) is 18.2 Å². The lowest BCUT2D eigenvalue weighted by Crippen LogP contribution is -2.52. The highest BCUT2D eigenvalue weighted by Gasteiger charge is 2.39. The van der Waals surface area contributed by atoms with Gasteiger partial charge in [-0.1, -0.05) is 17.9 Å². The van der Waals surface area contributed by atoms with Crippen LogP contribution in [-0.2, 0) is 25.6 Å². The first kappa shape index (κ1) is 18.7. The van der Waals surface area contributed by atoms with Crippen LogP contribution in [0.3, 0.4) is 0 Å². The van der Waals surface area contributed by atoms with Gasteiger partial charge in [0.1, 0.15) is 12.6 Å². The van der Waals surface area contributed by atoms with Crippen molar-refractivity contribution in [1.82, 2.24) is 10.2 Å². The fourth-order valence-electron chi connectivity index (χ4n) is 3.81. The van der Waals surface area contributed by atoms with E-state index in [1.165, 1.54) is 4.90 Å². The van der Waals surface area contributed by atoms with Crippen LogP contribution < -0.4 is 5.32 Å². The standard InChI is InChI=1S/C21H22N2O5/c24-18-10-9-17(20(25)22-18)23-13-16-14(5-3-7-15(16)21(23)26)6-4-12-28-19-8-1-2-11-27-19/h3,5,7,17,19H,1-2,8-13H2,(H,22,24,25). The molecule has 4 rings (SSSR count). The Morgan fingerprint density at radius 2 is 2.11 bits per heavy atom. The van der Waals surface area contributed by atoms with Crippen LogP contribution in [-0.4, -0.2) is 48.2 Å². The highest BCUT2D eigenvalue weighted by molar-refractivity contribution is 6.05. The smallest absolute Gasteiger partial charge is 0.255 e. The Hall–Kier alpha value is -2.69. The summed E-state index contributed by atoms with van der Waals surface area (Å²) in [5, 5.41) is 2.31. The molecule has 2 unspecified atom stereocenters. The summed E-state index contributed by atoms with van der Waals surface area (Å²) >= 11 is 0. The molecule has 0 bridgehead atoms. The number of hydrogen-bond donors (Lipinski definition) is 1. The van der Waals surface area contributed by atoms with Crippen molar-refractivity contribution in [2.24, 2.45) is 0 Å². The number of imide groups is 1. The largest absolute Gasteiger partial charge is 0.353 e. The van der Waals surface area contributed by atoms with E-state index in [0.29, 0.717) is 18.5 Å². The van der Waals surface area contributed by atoms with Gasteiger partial charge in [-0.05, 0) is 43.4 Å². The summed E-state index contributed by atoms with van der Waals surface area (Å²) in [6, 6.07) is 4.79. The van der Waals surface area contributed by atoms with E-state index in [2.05, 4.69) is 17.2 Å². The molecule has 2 fully saturated rings. The molecule has 7 heteroatoms. The minimum Gasteiger partial charge on any atom is -0.353 e. The van der Waals surface area contributed by atoms with Crippen molar-refractivity contribution in [2.75, 3.05) is 13.2 Å². The Morgan fingerprint density at radius 3 is 2.89 bits per heavy atom. The number of rotatable bonds is 3. The summed E-state index contributed by atoms with van der Waals surface area (Å²) < 4.78 is 11.1. The number of fused-ring (bicyclic) bond motifs is 1. The van der Waals surface area contributed by atoms with Crippen LogP contribution >= 0.6 is 0 Å². The maximum absolute atomic E-state index is 12.8. The maximum atomic E-state index is 12.8. The summed E-state index contributed by atoms with van der Waals surface area (Å²) in [6.45, 7) is 1.31. The Labute approximate surface area is 163 Å². The summed E-state index contributed by atoms with van der Waals surface area (Å²) in [5.74, 6) is 5.18. The van der Waals surface area contributed by atoms with Gasteiger partial charge < -0.3 is 14.4 Å². The SMILES string of the molecule is O=C1CCC(N2Cc3c(C#CCOC4CCCCO4)cccc3C2=O)C(=O)N1. The normalized spacial score (nSPS) is 24.4. The van der Waals surface area contributed by atoms with Crippen LogP contribution in [0.4, 0.5) is 0 Å². The number of ether oxygens (including phenoxy) is 2. The van der Waals surface area contributed by atoms with E-state index in [1.807, 2.05) is 6.07 Å². The van der Waals surface area contributed by atoms with Gasteiger partial charge in [-0.15, -0.1) is 0 Å². The molecule has 3 aliphatic heterocycles. The molecule has 0 aromatic heterocycles. The van der Waals surface area contributed by atoms with E-state index in [1.54, 1.807) is 12.1 Å². The van der Waals surface area contributed by atoms with Crippen LogP contribution in [0, 0.1) is 11.8 Å². The second-order valence-electron chi connectivity index (χ2n) is 7.14. The average molecular weight is 382 g/mol. The average Bonchev–Trinajstić information content (AvgIpc) is 3.03. The molecule has 1 aromatic carbocycles. The van der Waals surface area contributed by atoms with Gasteiger partial charge in [-0.25, -0.2) is 0 Å². The lowest BCUT2D eigenvalue weighted by atomic mass is 10.0. The van der Waals surface area contributed by atoms with Gasteiger partial charge in [0, 0.05) is 30.7 Å². The van der Waals surface area contributed by atoms with Crippen molar-refractivity contribution in [2.45, 2.75) is 51.0 Å². The molecule has 7 nitrogen and oxygen atoms in total. The van der Waals surface area contributed by atoms with Crippen molar-refractivity contribution < 1.29 is 23.9 Å². The molecule has 2 saturated heterocycles. The number of nitrogens with one attached hydrogen (secondary N) is 1. The van der Waals surface area contributed by atoms with Gasteiger partial charge in [0.2, 0.25) is 11.8 Å². The zero-order chi connectivity index (χ0) is 19.5. The van der Waals surface area contributed by atoms with Gasteiger partial charge in [0.25, 0.3) is 5.91 Å². The Kier molecular flexibility index (Phi) is 5.42. The summed E-state index contributed by atoms with van der Waals surface area (Å²) in [7, 11) is 0. The minimum atomic E-state index is -0.620. The molecule has 2 atom stereocenters. The van der Waals surface area contributed by atoms with E-state index in [9.17, 15) is 14.4 Å². The third-order valence-corrected chi connectivity index (χ3v) is 5.28. The number of piperidine rings is 1. The molecule has 3 heterocycles. The fourth-order valence-corrected chi connectivity index (χ4v) is 3.81. The van der Waals surface area contributed by atoms with E-state index in [4.69, 9.17) is 9.47 Å². The van der Waals surface area contributed by atoms with Crippen molar-refractivity contribution in [3.63, 3.8) is 0 Å². The first-order chi connectivity index (χ1) is 13.6. The number of benzene rings is 1. The molecule has 3 amide bonds. The summed E-state index contributed by atoms with van der Waals surface area (Å²) in [6.07, 6.45) is 3.46. The van der Waals surface area contributed by atoms with E-state index in [-0.39, 0.29) is 31.1 Å². The van der Waals surface area contributed by atoms with Gasteiger partial charge in [0.15, 0.2) is 6.29 Å². The van der Waals surface area contributed by atoms with Crippen molar-refractivity contribution in [1.29, 1.82) is 0 Å². The van der Waals surface area contributed by atoms with Gasteiger partial charge in [-0.3, -0.25) is 19.7 Å². The number of nitrogens with zero attached hydrogens (tertiary/aromatic N) is 1. The topological polar surface area (TPSA) is 84.9 Å². The molecule has 28 heavy (non-hydrogen) atoms. The second-order valence-corrected chi connectivity index (χ2v) is 7.14. The van der Waals surface area contributed by atoms with Crippen LogP contribution in [0.25, 0.3) is 0 Å². The minimum absolute atomic E-state index is 0.186. The molecule has 0 radical (unpaired) electrons. The van der Waals surface area contributed by atoms with Crippen LogP contribution in [0.2, 0.25) is 0 Å². The predicted octanol–water partition coefficient (Wildman–Crippen LogP) is 1.34. The van der Waals surface area contributed by atoms with E-state index < -0.39 is 11.9 Å². The predicted molar refractivity (Wildman–Crippen MR) is 98.9 cm³/mol. The number of carbonyl (C=O) groups is 3. The molecular weight excluding hydrogens is 360 g/mol. The maximum Gasteiger partial charge on any atom is 0.255 e. The van der Waals surface area contributed by atoms with Crippen LogP contribution in [0.1, 0.15) is 53.6 Å². The van der Waals surface area contributed by atoms with E-state index >= 15 is 0 Å². The Morgan fingerprint density at radius 1 is 1.21 bits per heavy atom. The third-order valence-electron chi connectivity index (χ3n) is 5.28. The highest BCUT2D eigenvalue weighted by atomic mass is 16.7. The quantitative estimate of drug-likeness (QED) is 0.630. The molecule has 0 aliphatic carbocycles. The molecular formula is C21H22N2O5. The van der Waals surface area contributed by atoms with E-state index in [0.717, 1.165) is 37.0 Å². The zero-order valence-corrected chi connectivity index (χ0v) is 15.5. The monoisotopic (exact) mass is 382 g/mol. The Bertz CT molecular complexity index is 863. The van der Waals surface area contributed by atoms with Gasteiger partial charge in [0.05, 0.1) is 0 Å². The fraction of sp³-hybridized carbons (Fsp3) is 0.476. The first-order valence-electron chi connectivity index (χ1n) is 9.62. The molecule has 146 valence electrons.